The Hall–Kier alpha value is -14.2. The summed E-state index contributed by atoms with van der Waals surface area (Å²) in [5.74, 6) is 0. The molecule has 0 saturated carbocycles. The summed E-state index contributed by atoms with van der Waals surface area (Å²) in [6.07, 6.45) is 0. The van der Waals surface area contributed by atoms with Gasteiger partial charge in [0.05, 0.1) is 22.8 Å². The molecule has 0 unspecified atom stereocenters. The van der Waals surface area contributed by atoms with Crippen LogP contribution in [0.3, 0.4) is 0 Å². The van der Waals surface area contributed by atoms with Crippen LogP contribution < -0.4 is 9.97 Å². The molecule has 4 nitrogen and oxygen atoms in total. The molecule has 125 heavy (non-hydrogen) atoms. The van der Waals surface area contributed by atoms with Gasteiger partial charge >= 0.3 is 21.1 Å². The van der Waals surface area contributed by atoms with Crippen LogP contribution in [0.4, 0.5) is 0 Å². The first-order valence-electron chi connectivity index (χ1n) is 43.6. The first-order valence-corrected chi connectivity index (χ1v) is 43.6. The predicted molar refractivity (Wildman–Crippen MR) is 517 cm³/mol. The van der Waals surface area contributed by atoms with Crippen LogP contribution in [0.1, 0.15) is 99.9 Å². The smallest absolute Gasteiger partial charge is 0.656 e. The topological polar surface area (TPSA) is 54.0 Å². The summed E-state index contributed by atoms with van der Waals surface area (Å²) in [7, 11) is 0. The fourth-order valence-corrected chi connectivity index (χ4v) is 22.4. The standard InChI is InChI=1S/C120H84N4.Pt/c1-117(2)97-37-21-17-25-81(97)85-61-57-77(65-101(85)117)69-41-49-73(50-42-69)105-109-89-29-9-11-31-91(89)111(121-109)106(74-51-43-70(44-52-74)78-58-62-86-82-26-18-22-38-98(82)118(3,4)102(86)66-78)113-93-33-13-15-35-95(93)115(123-113)108(76-55-47-72(48-56-76)80-60-64-88-84-28-20-24-40-100(84)120(7,8)104(88)68-80)116-96-36-16-14-34-94(96)114(124-116)107(112-92-32-12-10-30-90(92)110(105)122-112)75-53-45-71(46-54-75)79-59-63-87-83-27-19-23-39-99(83)119(5,6)103(87)67-79;/h9-68H,1-8H3;/q-2;+2. The van der Waals surface area contributed by atoms with Gasteiger partial charge in [-0.15, -0.1) is 22.1 Å². The fraction of sp³-hybridized carbons (Fsp3) is 0.100. The van der Waals surface area contributed by atoms with Gasteiger partial charge in [-0.1, -0.05) is 395 Å². The third kappa shape index (κ3) is 10.9. The van der Waals surface area contributed by atoms with E-state index in [0.717, 1.165) is 155 Å². The number of fused-ring (bicyclic) bond motifs is 12. The van der Waals surface area contributed by atoms with Gasteiger partial charge in [-0.2, -0.15) is 0 Å². The molecule has 0 amide bonds. The molecule has 0 fully saturated rings. The maximum absolute atomic E-state index is 6.32. The first-order chi connectivity index (χ1) is 60.5. The number of aromatic nitrogens is 4. The van der Waals surface area contributed by atoms with E-state index in [9.17, 15) is 0 Å². The molecule has 5 heteroatoms. The summed E-state index contributed by atoms with van der Waals surface area (Å²) in [5.41, 5.74) is 48.2. The summed E-state index contributed by atoms with van der Waals surface area (Å²) in [5, 5.41) is 4.05. The van der Waals surface area contributed by atoms with Crippen molar-refractivity contribution < 1.29 is 21.1 Å². The van der Waals surface area contributed by atoms with E-state index in [1.807, 2.05) is 0 Å². The number of rotatable bonds is 8. The van der Waals surface area contributed by atoms with Gasteiger partial charge in [0, 0.05) is 43.9 Å². The van der Waals surface area contributed by atoms with Crippen LogP contribution in [0, 0.1) is 0 Å². The van der Waals surface area contributed by atoms with Crippen molar-refractivity contribution in [3.05, 3.63) is 408 Å². The van der Waals surface area contributed by atoms with Crippen LogP contribution >= 0.6 is 0 Å². The summed E-state index contributed by atoms with van der Waals surface area (Å²) < 4.78 is 0. The van der Waals surface area contributed by atoms with Gasteiger partial charge in [0.15, 0.2) is 0 Å². The molecule has 18 aromatic rings. The summed E-state index contributed by atoms with van der Waals surface area (Å²) >= 11 is 0. The van der Waals surface area contributed by atoms with Crippen LogP contribution in [0.25, 0.3) is 222 Å². The minimum absolute atomic E-state index is 0. The first kappa shape index (κ1) is 74.7. The summed E-state index contributed by atoms with van der Waals surface area (Å²) in [4.78, 5) is 25.3. The van der Waals surface area contributed by atoms with Gasteiger partial charge in [0.2, 0.25) is 0 Å². The second-order valence-electron chi connectivity index (χ2n) is 37.0. The maximum Gasteiger partial charge on any atom is 2.00 e. The molecule has 8 bridgehead atoms. The molecule has 5 aliphatic carbocycles. The molecule has 7 aliphatic rings. The van der Waals surface area contributed by atoms with E-state index in [4.69, 9.17) is 19.9 Å². The zero-order chi connectivity index (χ0) is 83.0. The van der Waals surface area contributed by atoms with Gasteiger partial charge < -0.3 is 9.97 Å². The molecule has 594 valence electrons. The van der Waals surface area contributed by atoms with Gasteiger partial charge in [0.1, 0.15) is 0 Å². The predicted octanol–water partition coefficient (Wildman–Crippen LogP) is 31.1. The van der Waals surface area contributed by atoms with Crippen molar-refractivity contribution in [2.45, 2.75) is 77.0 Å². The Kier molecular flexibility index (Phi) is 16.4. The van der Waals surface area contributed by atoms with Gasteiger partial charge in [-0.25, -0.2) is 9.97 Å². The molecule has 2 aliphatic heterocycles. The number of benzene rings is 16. The zero-order valence-corrected chi connectivity index (χ0v) is 73.0. The SMILES string of the molecule is CC1(C)c2ccccc2-c2ccc(-c3ccc(-c4c5nc(c(-c6ccc(-c7ccc8c(c7)C(C)(C)c7ccccc7-8)cc6)c6[n-]c(c(-c7ccc(-c8ccc9c(c8)C(C)(C)c8ccccc8-9)cc7)c7nc(c(-c8ccc(-c9ccc%10c(c9)C(C)(C)c9ccccc9-%10)cc8)c8[n-]c4c4ccccc84)-c4ccccc4-7)c4ccccc64)-c4ccccc4-5)cc3)cc21.[Pt+2]. The van der Waals surface area contributed by atoms with Crippen LogP contribution in [0.5, 0.6) is 0 Å². The van der Waals surface area contributed by atoms with Crippen molar-refractivity contribution >= 4 is 43.6 Å². The van der Waals surface area contributed by atoms with Crippen molar-refractivity contribution in [2.24, 2.45) is 0 Å². The second kappa shape index (κ2) is 27.4. The average Bonchev–Trinajstić information content (AvgIpc) is 1.52. The molecule has 0 saturated heterocycles. The Balaban J connectivity index is 0.00000876. The molecular weight excluding hydrogens is 1690 g/mol. The van der Waals surface area contributed by atoms with Crippen molar-refractivity contribution in [3.63, 3.8) is 0 Å². The van der Waals surface area contributed by atoms with Crippen molar-refractivity contribution in [1.29, 1.82) is 0 Å². The van der Waals surface area contributed by atoms with Crippen molar-refractivity contribution in [1.82, 2.24) is 19.9 Å². The Morgan fingerprint density at radius 1 is 0.168 bits per heavy atom. The minimum Gasteiger partial charge on any atom is -0.656 e. The van der Waals surface area contributed by atoms with Gasteiger partial charge in [-0.3, -0.25) is 0 Å². The number of hydrogen-bond acceptors (Lipinski definition) is 2. The Morgan fingerprint density at radius 2 is 0.336 bits per heavy atom. The van der Waals surface area contributed by atoms with E-state index >= 15 is 0 Å². The Morgan fingerprint density at radius 3 is 0.552 bits per heavy atom. The fourth-order valence-electron chi connectivity index (χ4n) is 22.4. The van der Waals surface area contributed by atoms with Gasteiger partial charge in [-0.05, 0) is 224 Å². The van der Waals surface area contributed by atoms with E-state index in [1.165, 1.54) is 111 Å². The van der Waals surface area contributed by atoms with Crippen LogP contribution in [0.2, 0.25) is 0 Å². The van der Waals surface area contributed by atoms with E-state index in [1.54, 1.807) is 0 Å². The van der Waals surface area contributed by atoms with E-state index in [-0.39, 0.29) is 42.7 Å². The normalized spacial score (nSPS) is 14.3. The van der Waals surface area contributed by atoms with Gasteiger partial charge in [0.25, 0.3) is 0 Å². The summed E-state index contributed by atoms with van der Waals surface area (Å²) in [6.45, 7) is 18.9. The third-order valence-corrected chi connectivity index (χ3v) is 28.9. The van der Waals surface area contributed by atoms with E-state index in [2.05, 4.69) is 419 Å². The quantitative estimate of drug-likeness (QED) is 0.152. The minimum atomic E-state index is -0.164. The maximum atomic E-state index is 6.32. The molecule has 0 radical (unpaired) electrons. The molecule has 16 aromatic carbocycles. The molecule has 0 spiro atoms. The molecule has 2 aromatic heterocycles. The Bertz CT molecular complexity index is 7120. The van der Waals surface area contributed by atoms with Crippen LogP contribution in [-0.4, -0.2) is 9.97 Å². The Labute approximate surface area is 743 Å². The molecular formula is C120H84N4Pt. The number of nitrogens with zero attached hydrogens (tertiary/aromatic N) is 4. The third-order valence-electron chi connectivity index (χ3n) is 28.9. The van der Waals surface area contributed by atoms with E-state index in [0.29, 0.717) is 0 Å². The van der Waals surface area contributed by atoms with E-state index < -0.39 is 0 Å². The zero-order valence-electron chi connectivity index (χ0n) is 70.7. The number of hydrogen-bond donors (Lipinski definition) is 0. The largest absolute Gasteiger partial charge is 2.00 e. The molecule has 0 N–H and O–H groups in total. The van der Waals surface area contributed by atoms with Crippen molar-refractivity contribution in [2.75, 3.05) is 0 Å². The second-order valence-corrected chi connectivity index (χ2v) is 37.0. The van der Waals surface area contributed by atoms with Crippen LogP contribution in [0.15, 0.2) is 364 Å². The van der Waals surface area contributed by atoms with Crippen LogP contribution in [-0.2, 0) is 42.7 Å². The average molecular weight is 1780 g/mol. The molecule has 25 rings (SSSR count). The summed E-state index contributed by atoms with van der Waals surface area (Å²) in [6, 6.07) is 137. The molecule has 0 atom stereocenters. The monoisotopic (exact) mass is 1780 g/mol. The molecule has 4 heterocycles. The van der Waals surface area contributed by atoms with Crippen molar-refractivity contribution in [3.8, 4) is 179 Å².